The lowest BCUT2D eigenvalue weighted by Gasteiger charge is -2.03. The fourth-order valence-electron chi connectivity index (χ4n) is 1.48. The Balaban J connectivity index is 1.99. The SMILES string of the molecule is Cc1nccn1CCS(=O)c1ccc(C(=O)O)o1. The van der Waals surface area contributed by atoms with Crippen LogP contribution in [0.15, 0.2) is 34.0 Å². The molecule has 1 N–H and O–H groups in total. The van der Waals surface area contributed by atoms with Crippen molar-refractivity contribution in [3.05, 3.63) is 36.1 Å². The number of hydrogen-bond donors (Lipinski definition) is 1. The standard InChI is InChI=1S/C11H12N2O4S/c1-8-12-4-5-13(8)6-7-18(16)10-3-2-9(17-10)11(14)15/h2-5H,6-7H2,1H3,(H,14,15). The van der Waals surface area contributed by atoms with Crippen LogP contribution in [0, 0.1) is 6.92 Å². The molecule has 2 heterocycles. The summed E-state index contributed by atoms with van der Waals surface area (Å²) in [7, 11) is -1.35. The van der Waals surface area contributed by atoms with Gasteiger partial charge in [-0.05, 0) is 19.1 Å². The number of aryl methyl sites for hydroxylation is 2. The molecule has 0 bridgehead atoms. The van der Waals surface area contributed by atoms with Crippen LogP contribution in [-0.2, 0) is 17.3 Å². The summed E-state index contributed by atoms with van der Waals surface area (Å²) in [5.74, 6) is -0.164. The normalized spacial score (nSPS) is 12.5. The number of carboxylic acid groups (broad SMARTS) is 1. The molecular formula is C11H12N2O4S. The van der Waals surface area contributed by atoms with E-state index < -0.39 is 16.8 Å². The molecule has 0 radical (unpaired) electrons. The summed E-state index contributed by atoms with van der Waals surface area (Å²) in [5.41, 5.74) is 0. The second kappa shape index (κ2) is 5.18. The molecule has 2 rings (SSSR count). The minimum absolute atomic E-state index is 0.185. The van der Waals surface area contributed by atoms with E-state index in [0.717, 1.165) is 5.82 Å². The number of carboxylic acids is 1. The summed E-state index contributed by atoms with van der Waals surface area (Å²) in [6.07, 6.45) is 3.48. The van der Waals surface area contributed by atoms with Gasteiger partial charge in [-0.1, -0.05) is 0 Å². The van der Waals surface area contributed by atoms with Crippen LogP contribution >= 0.6 is 0 Å². The minimum Gasteiger partial charge on any atom is -0.475 e. The van der Waals surface area contributed by atoms with Crippen molar-refractivity contribution in [2.75, 3.05) is 5.75 Å². The summed E-state index contributed by atoms with van der Waals surface area (Å²) < 4.78 is 18.7. The Kier molecular flexibility index (Phi) is 3.61. The predicted molar refractivity (Wildman–Crippen MR) is 63.9 cm³/mol. The average molecular weight is 268 g/mol. The Hall–Kier alpha value is -1.89. The van der Waals surface area contributed by atoms with Crippen LogP contribution in [0.3, 0.4) is 0 Å². The van der Waals surface area contributed by atoms with E-state index >= 15 is 0 Å². The molecule has 96 valence electrons. The van der Waals surface area contributed by atoms with E-state index in [9.17, 15) is 9.00 Å². The summed E-state index contributed by atoms with van der Waals surface area (Å²) in [6.45, 7) is 2.40. The zero-order valence-corrected chi connectivity index (χ0v) is 10.5. The maximum Gasteiger partial charge on any atom is 0.371 e. The smallest absolute Gasteiger partial charge is 0.371 e. The van der Waals surface area contributed by atoms with Gasteiger partial charge in [-0.3, -0.25) is 4.21 Å². The van der Waals surface area contributed by atoms with Crippen LogP contribution in [0.5, 0.6) is 0 Å². The maximum absolute atomic E-state index is 11.9. The average Bonchev–Trinajstić information content (AvgIpc) is 2.94. The van der Waals surface area contributed by atoms with Gasteiger partial charge in [0.1, 0.15) is 5.82 Å². The topological polar surface area (TPSA) is 85.3 Å². The monoisotopic (exact) mass is 268 g/mol. The number of aromatic carboxylic acids is 1. The zero-order valence-electron chi connectivity index (χ0n) is 9.70. The van der Waals surface area contributed by atoms with Crippen LogP contribution in [-0.4, -0.2) is 30.6 Å². The fourth-order valence-corrected chi connectivity index (χ4v) is 2.45. The van der Waals surface area contributed by atoms with Crippen LogP contribution in [0.25, 0.3) is 0 Å². The first kappa shape index (κ1) is 12.6. The maximum atomic E-state index is 11.9. The van der Waals surface area contributed by atoms with Crippen molar-refractivity contribution in [3.63, 3.8) is 0 Å². The molecule has 1 unspecified atom stereocenters. The molecule has 2 aromatic rings. The van der Waals surface area contributed by atoms with Crippen LogP contribution in [0.1, 0.15) is 16.4 Å². The highest BCUT2D eigenvalue weighted by atomic mass is 32.2. The lowest BCUT2D eigenvalue weighted by atomic mass is 10.5. The molecular weight excluding hydrogens is 256 g/mol. The highest BCUT2D eigenvalue weighted by Gasteiger charge is 2.13. The van der Waals surface area contributed by atoms with Crippen molar-refractivity contribution in [2.24, 2.45) is 0 Å². The van der Waals surface area contributed by atoms with E-state index in [0.29, 0.717) is 12.3 Å². The van der Waals surface area contributed by atoms with Gasteiger partial charge in [-0.2, -0.15) is 0 Å². The van der Waals surface area contributed by atoms with Crippen molar-refractivity contribution < 1.29 is 18.5 Å². The van der Waals surface area contributed by atoms with Gasteiger partial charge in [0, 0.05) is 24.7 Å². The molecule has 6 nitrogen and oxygen atoms in total. The number of aromatic nitrogens is 2. The molecule has 0 aliphatic heterocycles. The molecule has 2 aromatic heterocycles. The number of carbonyl (C=O) groups is 1. The molecule has 0 saturated heterocycles. The van der Waals surface area contributed by atoms with E-state index in [2.05, 4.69) is 4.98 Å². The van der Waals surface area contributed by atoms with E-state index in [1.807, 2.05) is 11.5 Å². The van der Waals surface area contributed by atoms with Gasteiger partial charge in [0.15, 0.2) is 5.09 Å². The predicted octanol–water partition coefficient (Wildman–Crippen LogP) is 1.29. The quantitative estimate of drug-likeness (QED) is 0.883. The molecule has 18 heavy (non-hydrogen) atoms. The first-order valence-electron chi connectivity index (χ1n) is 5.27. The lowest BCUT2D eigenvalue weighted by Crippen LogP contribution is -2.08. The van der Waals surface area contributed by atoms with Crippen molar-refractivity contribution >= 4 is 16.8 Å². The summed E-state index contributed by atoms with van der Waals surface area (Å²) >= 11 is 0. The van der Waals surface area contributed by atoms with Crippen LogP contribution in [0.2, 0.25) is 0 Å². The number of nitrogens with zero attached hydrogens (tertiary/aromatic N) is 2. The number of furan rings is 1. The van der Waals surface area contributed by atoms with Gasteiger partial charge in [0.05, 0.1) is 10.8 Å². The van der Waals surface area contributed by atoms with Crippen molar-refractivity contribution in [1.82, 2.24) is 9.55 Å². The molecule has 0 spiro atoms. The zero-order chi connectivity index (χ0) is 13.1. The second-order valence-electron chi connectivity index (χ2n) is 3.64. The highest BCUT2D eigenvalue weighted by Crippen LogP contribution is 2.13. The first-order valence-corrected chi connectivity index (χ1v) is 6.59. The van der Waals surface area contributed by atoms with Gasteiger partial charge in [0.2, 0.25) is 5.76 Å². The molecule has 0 aliphatic rings. The number of hydrogen-bond acceptors (Lipinski definition) is 4. The van der Waals surface area contributed by atoms with E-state index in [4.69, 9.17) is 9.52 Å². The minimum atomic E-state index is -1.35. The van der Waals surface area contributed by atoms with Gasteiger partial charge < -0.3 is 14.1 Å². The van der Waals surface area contributed by atoms with E-state index in [1.54, 1.807) is 12.4 Å². The third kappa shape index (κ3) is 2.67. The van der Waals surface area contributed by atoms with Gasteiger partial charge in [-0.25, -0.2) is 9.78 Å². The third-order valence-electron chi connectivity index (χ3n) is 2.46. The fraction of sp³-hybridized carbons (Fsp3) is 0.273. The molecule has 0 saturated carbocycles. The van der Waals surface area contributed by atoms with Crippen molar-refractivity contribution in [1.29, 1.82) is 0 Å². The highest BCUT2D eigenvalue weighted by molar-refractivity contribution is 7.84. The van der Waals surface area contributed by atoms with Crippen LogP contribution in [0.4, 0.5) is 0 Å². The van der Waals surface area contributed by atoms with E-state index in [1.165, 1.54) is 12.1 Å². The Morgan fingerprint density at radius 2 is 2.33 bits per heavy atom. The molecule has 0 aliphatic carbocycles. The Morgan fingerprint density at radius 1 is 1.56 bits per heavy atom. The molecule has 0 amide bonds. The second-order valence-corrected chi connectivity index (χ2v) is 5.14. The Labute approximate surface area is 106 Å². The summed E-state index contributed by atoms with van der Waals surface area (Å²) in [6, 6.07) is 2.73. The Bertz CT molecular complexity index is 587. The van der Waals surface area contributed by atoms with Gasteiger partial charge in [-0.15, -0.1) is 0 Å². The van der Waals surface area contributed by atoms with Gasteiger partial charge in [0.25, 0.3) is 0 Å². The Morgan fingerprint density at radius 3 is 2.89 bits per heavy atom. The van der Waals surface area contributed by atoms with Crippen molar-refractivity contribution in [2.45, 2.75) is 18.6 Å². The molecule has 0 aromatic carbocycles. The summed E-state index contributed by atoms with van der Waals surface area (Å²) in [5, 5.41) is 8.88. The van der Waals surface area contributed by atoms with Crippen molar-refractivity contribution in [3.8, 4) is 0 Å². The number of imidazole rings is 1. The largest absolute Gasteiger partial charge is 0.475 e. The molecule has 1 atom stereocenters. The number of rotatable bonds is 5. The molecule has 0 fully saturated rings. The van der Waals surface area contributed by atoms with Gasteiger partial charge >= 0.3 is 5.97 Å². The van der Waals surface area contributed by atoms with Crippen LogP contribution < -0.4 is 0 Å². The first-order chi connectivity index (χ1) is 8.58. The van der Waals surface area contributed by atoms with E-state index in [-0.39, 0.29) is 10.9 Å². The third-order valence-corrected chi connectivity index (χ3v) is 3.68. The summed E-state index contributed by atoms with van der Waals surface area (Å²) in [4.78, 5) is 14.7. The lowest BCUT2D eigenvalue weighted by molar-refractivity contribution is 0.0656. The molecule has 7 heteroatoms.